The van der Waals surface area contributed by atoms with E-state index in [4.69, 9.17) is 13.8 Å². The number of oxazole rings is 1. The molecule has 0 aliphatic carbocycles. The van der Waals surface area contributed by atoms with Gasteiger partial charge in [0, 0.05) is 38.8 Å². The zero-order chi connectivity index (χ0) is 33.5. The molecule has 0 aliphatic rings. The van der Waals surface area contributed by atoms with E-state index >= 15 is 0 Å². The molecule has 0 atom stereocenters. The van der Waals surface area contributed by atoms with Crippen LogP contribution >= 0.6 is 0 Å². The Morgan fingerprint density at radius 2 is 0.961 bits per heavy atom. The summed E-state index contributed by atoms with van der Waals surface area (Å²) in [6.07, 6.45) is 0. The van der Waals surface area contributed by atoms with Gasteiger partial charge in [0.2, 0.25) is 5.89 Å². The van der Waals surface area contributed by atoms with Gasteiger partial charge >= 0.3 is 0 Å². The molecule has 0 radical (unpaired) electrons. The summed E-state index contributed by atoms with van der Waals surface area (Å²) >= 11 is 0. The third-order valence-corrected chi connectivity index (χ3v) is 10.2. The van der Waals surface area contributed by atoms with Crippen LogP contribution in [0.15, 0.2) is 179 Å². The van der Waals surface area contributed by atoms with Crippen molar-refractivity contribution in [2.75, 3.05) is 4.90 Å². The van der Waals surface area contributed by atoms with E-state index in [0.717, 1.165) is 77.2 Å². The molecular weight excluding hydrogens is 625 g/mol. The Labute approximate surface area is 292 Å². The molecule has 11 aromatic rings. The molecule has 0 amide bonds. The van der Waals surface area contributed by atoms with Gasteiger partial charge in [0.05, 0.1) is 0 Å². The standard InChI is InChI=1S/C47H28N2O2/c1-2-9-33(10-3-1)47-48-42-24-20-32-17-16-31-19-22-35(27-40(31)45(32)46(42)51-47)49(36-23-25-44-41(28-36)38-12-6-7-13-43(38)50-44)34-21-18-30-15-14-29-8-4-5-11-37(29)39(30)26-34/h1-28H. The molecule has 2 aromatic heterocycles. The third-order valence-electron chi connectivity index (χ3n) is 10.2. The average molecular weight is 653 g/mol. The maximum atomic E-state index is 6.58. The Morgan fingerprint density at radius 1 is 0.392 bits per heavy atom. The summed E-state index contributed by atoms with van der Waals surface area (Å²) < 4.78 is 12.8. The molecule has 0 saturated heterocycles. The lowest BCUT2D eigenvalue weighted by molar-refractivity contribution is 0.623. The first-order valence-electron chi connectivity index (χ1n) is 17.2. The van der Waals surface area contributed by atoms with Crippen LogP contribution in [0.2, 0.25) is 0 Å². The van der Waals surface area contributed by atoms with Gasteiger partial charge < -0.3 is 13.7 Å². The van der Waals surface area contributed by atoms with E-state index < -0.39 is 0 Å². The third kappa shape index (κ3) is 4.37. The monoisotopic (exact) mass is 652 g/mol. The van der Waals surface area contributed by atoms with Crippen LogP contribution in [-0.4, -0.2) is 4.98 Å². The average Bonchev–Trinajstić information content (AvgIpc) is 3.80. The van der Waals surface area contributed by atoms with Crippen molar-refractivity contribution in [3.05, 3.63) is 170 Å². The smallest absolute Gasteiger partial charge is 0.227 e. The highest BCUT2D eigenvalue weighted by Gasteiger charge is 2.19. The summed E-state index contributed by atoms with van der Waals surface area (Å²) in [5.41, 5.74) is 7.51. The van der Waals surface area contributed by atoms with Gasteiger partial charge in [-0.1, -0.05) is 103 Å². The molecule has 0 N–H and O–H groups in total. The highest BCUT2D eigenvalue weighted by Crippen LogP contribution is 2.43. The number of hydrogen-bond acceptors (Lipinski definition) is 4. The molecule has 238 valence electrons. The van der Waals surface area contributed by atoms with Crippen molar-refractivity contribution in [3.8, 4) is 11.5 Å². The molecular formula is C47H28N2O2. The lowest BCUT2D eigenvalue weighted by atomic mass is 9.99. The van der Waals surface area contributed by atoms with Crippen molar-refractivity contribution < 1.29 is 8.83 Å². The molecule has 9 aromatic carbocycles. The first-order chi connectivity index (χ1) is 25.2. The van der Waals surface area contributed by atoms with Crippen molar-refractivity contribution >= 4 is 93.2 Å². The number of benzene rings is 9. The van der Waals surface area contributed by atoms with Crippen LogP contribution in [-0.2, 0) is 0 Å². The summed E-state index contributed by atoms with van der Waals surface area (Å²) in [5, 5.41) is 11.5. The first kappa shape index (κ1) is 28.0. The summed E-state index contributed by atoms with van der Waals surface area (Å²) in [4.78, 5) is 7.27. The van der Waals surface area contributed by atoms with Gasteiger partial charge in [0.15, 0.2) is 5.58 Å². The van der Waals surface area contributed by atoms with E-state index in [1.807, 2.05) is 42.5 Å². The molecule has 0 spiro atoms. The fourth-order valence-electron chi connectivity index (χ4n) is 7.78. The Balaban J connectivity index is 1.18. The van der Waals surface area contributed by atoms with Gasteiger partial charge in [-0.3, -0.25) is 0 Å². The first-order valence-corrected chi connectivity index (χ1v) is 17.2. The van der Waals surface area contributed by atoms with Gasteiger partial charge in [-0.25, -0.2) is 4.98 Å². The van der Waals surface area contributed by atoms with Crippen molar-refractivity contribution in [2.24, 2.45) is 0 Å². The maximum absolute atomic E-state index is 6.58. The number of anilines is 3. The van der Waals surface area contributed by atoms with Crippen LogP contribution < -0.4 is 4.90 Å². The second-order valence-corrected chi connectivity index (χ2v) is 13.2. The zero-order valence-corrected chi connectivity index (χ0v) is 27.4. The minimum atomic E-state index is 0.622. The molecule has 0 fully saturated rings. The molecule has 11 rings (SSSR count). The van der Waals surface area contributed by atoms with Crippen molar-refractivity contribution in [3.63, 3.8) is 0 Å². The molecule has 4 nitrogen and oxygen atoms in total. The van der Waals surface area contributed by atoms with Crippen LogP contribution in [0.1, 0.15) is 0 Å². The van der Waals surface area contributed by atoms with Crippen LogP contribution in [0, 0.1) is 0 Å². The normalized spacial score (nSPS) is 11.9. The summed E-state index contributed by atoms with van der Waals surface area (Å²) in [6, 6.07) is 60.0. The maximum Gasteiger partial charge on any atom is 0.227 e. The highest BCUT2D eigenvalue weighted by molar-refractivity contribution is 6.19. The molecule has 2 heterocycles. The van der Waals surface area contributed by atoms with E-state index in [1.54, 1.807) is 0 Å². The Bertz CT molecular complexity index is 3160. The number of nitrogens with zero attached hydrogens (tertiary/aromatic N) is 2. The molecule has 0 aliphatic heterocycles. The van der Waals surface area contributed by atoms with Gasteiger partial charge in [-0.05, 0) is 104 Å². The van der Waals surface area contributed by atoms with Crippen molar-refractivity contribution in [2.45, 2.75) is 0 Å². The van der Waals surface area contributed by atoms with Crippen LogP contribution in [0.25, 0.3) is 87.6 Å². The molecule has 0 saturated carbocycles. The van der Waals surface area contributed by atoms with Gasteiger partial charge in [-0.2, -0.15) is 0 Å². The second kappa shape index (κ2) is 10.8. The van der Waals surface area contributed by atoms with E-state index in [0.29, 0.717) is 5.89 Å². The number of fused-ring (bicyclic) bond motifs is 11. The number of aromatic nitrogens is 1. The van der Waals surface area contributed by atoms with E-state index in [9.17, 15) is 0 Å². The molecule has 0 bridgehead atoms. The van der Waals surface area contributed by atoms with E-state index in [1.165, 1.54) is 21.5 Å². The Kier molecular flexibility index (Phi) is 5.92. The largest absolute Gasteiger partial charge is 0.456 e. The number of hydrogen-bond donors (Lipinski definition) is 0. The number of furan rings is 1. The van der Waals surface area contributed by atoms with Crippen LogP contribution in [0.3, 0.4) is 0 Å². The highest BCUT2D eigenvalue weighted by atomic mass is 16.3. The summed E-state index contributed by atoms with van der Waals surface area (Å²) in [5.74, 6) is 0.622. The zero-order valence-electron chi connectivity index (χ0n) is 27.4. The fourth-order valence-corrected chi connectivity index (χ4v) is 7.78. The Hall–Kier alpha value is -6.91. The lowest BCUT2D eigenvalue weighted by Crippen LogP contribution is -2.10. The van der Waals surface area contributed by atoms with Gasteiger partial charge in [0.25, 0.3) is 0 Å². The van der Waals surface area contributed by atoms with Gasteiger partial charge in [-0.15, -0.1) is 0 Å². The second-order valence-electron chi connectivity index (χ2n) is 13.2. The summed E-state index contributed by atoms with van der Waals surface area (Å²) in [7, 11) is 0. The van der Waals surface area contributed by atoms with Crippen LogP contribution in [0.5, 0.6) is 0 Å². The van der Waals surface area contributed by atoms with Crippen molar-refractivity contribution in [1.29, 1.82) is 0 Å². The molecule has 0 unspecified atom stereocenters. The van der Waals surface area contributed by atoms with E-state index in [-0.39, 0.29) is 0 Å². The molecule has 4 heteroatoms. The van der Waals surface area contributed by atoms with Crippen LogP contribution in [0.4, 0.5) is 17.1 Å². The Morgan fingerprint density at radius 3 is 1.78 bits per heavy atom. The minimum absolute atomic E-state index is 0.622. The quantitative estimate of drug-likeness (QED) is 0.177. The topological polar surface area (TPSA) is 42.4 Å². The van der Waals surface area contributed by atoms with E-state index in [2.05, 4.69) is 132 Å². The predicted octanol–water partition coefficient (Wildman–Crippen LogP) is 13.5. The number of para-hydroxylation sites is 1. The SMILES string of the molecule is c1ccc(-c2nc3ccc4ccc5ccc(N(c6ccc7ccc8ccccc8c7c6)c6ccc7oc8ccccc8c7c6)cc5c4c3o2)cc1. The summed E-state index contributed by atoms with van der Waals surface area (Å²) in [6.45, 7) is 0. The fraction of sp³-hybridized carbons (Fsp3) is 0. The predicted molar refractivity (Wildman–Crippen MR) is 211 cm³/mol. The lowest BCUT2D eigenvalue weighted by Gasteiger charge is -2.26. The molecule has 51 heavy (non-hydrogen) atoms. The van der Waals surface area contributed by atoms with Gasteiger partial charge in [0.1, 0.15) is 16.7 Å². The van der Waals surface area contributed by atoms with Crippen molar-refractivity contribution in [1.82, 2.24) is 4.98 Å². The number of rotatable bonds is 4. The minimum Gasteiger partial charge on any atom is -0.456 e.